The van der Waals surface area contributed by atoms with E-state index in [1.54, 1.807) is 11.2 Å². The Kier molecular flexibility index (Phi) is 5.82. The van der Waals surface area contributed by atoms with Gasteiger partial charge in [0.1, 0.15) is 0 Å². The Hall–Kier alpha value is -0.430. The molecule has 1 N–H and O–H groups in total. The lowest BCUT2D eigenvalue weighted by molar-refractivity contribution is 0.289. The van der Waals surface area contributed by atoms with E-state index in [0.29, 0.717) is 19.1 Å². The van der Waals surface area contributed by atoms with Gasteiger partial charge in [-0.3, -0.25) is 0 Å². The summed E-state index contributed by atoms with van der Waals surface area (Å²) in [5.41, 5.74) is 2.50. The third-order valence-corrected chi connectivity index (χ3v) is 6.80. The average molecular weight is 375 g/mol. The highest BCUT2D eigenvalue weighted by Crippen LogP contribution is 2.18. The zero-order chi connectivity index (χ0) is 15.5. The monoisotopic (exact) mass is 374 g/mol. The van der Waals surface area contributed by atoms with Crippen molar-refractivity contribution in [2.45, 2.75) is 39.3 Å². The van der Waals surface area contributed by atoms with Gasteiger partial charge in [0.05, 0.1) is 5.75 Å². The lowest BCUT2D eigenvalue weighted by Gasteiger charge is -2.31. The summed E-state index contributed by atoms with van der Waals surface area (Å²) in [7, 11) is -3.02. The van der Waals surface area contributed by atoms with Gasteiger partial charge in [0, 0.05) is 30.1 Å². The van der Waals surface area contributed by atoms with E-state index in [1.165, 1.54) is 11.1 Å². The Morgan fingerprint density at radius 3 is 2.57 bits per heavy atom. The van der Waals surface area contributed by atoms with Crippen LogP contribution in [-0.2, 0) is 16.6 Å². The quantitative estimate of drug-likeness (QED) is 0.861. The Balaban J connectivity index is 1.82. The van der Waals surface area contributed by atoms with Crippen LogP contribution in [0.3, 0.4) is 0 Å². The maximum absolute atomic E-state index is 11.8. The van der Waals surface area contributed by atoms with Gasteiger partial charge in [-0.25, -0.2) is 12.7 Å². The molecule has 2 rings (SSSR count). The van der Waals surface area contributed by atoms with Crippen molar-refractivity contribution in [3.63, 3.8) is 0 Å². The van der Waals surface area contributed by atoms with Gasteiger partial charge >= 0.3 is 0 Å². The number of nitrogens with zero attached hydrogens (tertiary/aromatic N) is 1. The summed E-state index contributed by atoms with van der Waals surface area (Å²) in [5, 5.41) is 3.54. The van der Waals surface area contributed by atoms with Crippen LogP contribution in [-0.4, -0.2) is 37.6 Å². The fourth-order valence-electron chi connectivity index (χ4n) is 2.60. The maximum atomic E-state index is 11.8. The molecule has 1 aromatic carbocycles. The number of benzene rings is 1. The molecule has 4 nitrogen and oxygen atoms in total. The van der Waals surface area contributed by atoms with Crippen LogP contribution in [0.4, 0.5) is 0 Å². The van der Waals surface area contributed by atoms with Gasteiger partial charge in [-0.2, -0.15) is 0 Å². The second kappa shape index (κ2) is 7.22. The van der Waals surface area contributed by atoms with Gasteiger partial charge in [-0.05, 0) is 43.9 Å². The number of aryl methyl sites for hydroxylation is 1. The molecular weight excluding hydrogens is 352 g/mol. The zero-order valence-electron chi connectivity index (χ0n) is 12.6. The molecule has 1 aromatic rings. The van der Waals surface area contributed by atoms with Crippen LogP contribution in [0.2, 0.25) is 0 Å². The van der Waals surface area contributed by atoms with Crippen LogP contribution >= 0.6 is 15.9 Å². The van der Waals surface area contributed by atoms with Crippen LogP contribution in [0.25, 0.3) is 0 Å². The summed E-state index contributed by atoms with van der Waals surface area (Å²) in [5.74, 6) is 0.198. The van der Waals surface area contributed by atoms with Crippen molar-refractivity contribution in [1.82, 2.24) is 9.62 Å². The minimum absolute atomic E-state index is 0.198. The van der Waals surface area contributed by atoms with Crippen LogP contribution in [0.5, 0.6) is 0 Å². The average Bonchev–Trinajstić information content (AvgIpc) is 2.49. The second-order valence-electron chi connectivity index (χ2n) is 5.54. The summed E-state index contributed by atoms with van der Waals surface area (Å²) in [6.07, 6.45) is 1.77. The fraction of sp³-hybridized carbons (Fsp3) is 0.600. The molecule has 1 heterocycles. The molecule has 0 spiro atoms. The van der Waals surface area contributed by atoms with Crippen molar-refractivity contribution in [3.05, 3.63) is 33.8 Å². The molecule has 0 bridgehead atoms. The molecule has 21 heavy (non-hydrogen) atoms. The first-order valence-corrected chi connectivity index (χ1v) is 9.79. The number of sulfonamides is 1. The van der Waals surface area contributed by atoms with Crippen molar-refractivity contribution in [2.24, 2.45) is 0 Å². The van der Waals surface area contributed by atoms with E-state index in [0.717, 1.165) is 23.9 Å². The Morgan fingerprint density at radius 1 is 1.33 bits per heavy atom. The summed E-state index contributed by atoms with van der Waals surface area (Å²) in [6.45, 7) is 5.89. The molecule has 0 unspecified atom stereocenters. The first-order valence-electron chi connectivity index (χ1n) is 7.38. The number of rotatable bonds is 5. The molecular formula is C15H23BrN2O2S. The molecule has 1 fully saturated rings. The molecule has 0 atom stereocenters. The molecule has 0 radical (unpaired) electrons. The van der Waals surface area contributed by atoms with E-state index in [4.69, 9.17) is 0 Å². The molecule has 6 heteroatoms. The number of hydrogen-bond acceptors (Lipinski definition) is 3. The predicted octanol–water partition coefficient (Wildman–Crippen LogP) is 2.66. The van der Waals surface area contributed by atoms with Gasteiger partial charge in [0.15, 0.2) is 0 Å². The van der Waals surface area contributed by atoms with Crippen molar-refractivity contribution in [3.8, 4) is 0 Å². The summed E-state index contributed by atoms with van der Waals surface area (Å²) < 4.78 is 26.4. The minimum atomic E-state index is -3.02. The van der Waals surface area contributed by atoms with E-state index < -0.39 is 10.0 Å². The maximum Gasteiger partial charge on any atom is 0.213 e. The first-order chi connectivity index (χ1) is 9.92. The van der Waals surface area contributed by atoms with E-state index in [9.17, 15) is 8.42 Å². The van der Waals surface area contributed by atoms with Gasteiger partial charge in [-0.15, -0.1) is 0 Å². The Bertz CT molecular complexity index is 581. The highest BCUT2D eigenvalue weighted by molar-refractivity contribution is 9.10. The summed E-state index contributed by atoms with van der Waals surface area (Å²) in [6, 6.07) is 6.76. The summed E-state index contributed by atoms with van der Waals surface area (Å²) >= 11 is 3.51. The molecule has 118 valence electrons. The third kappa shape index (κ3) is 4.52. The highest BCUT2D eigenvalue weighted by atomic mass is 79.9. The standard InChI is InChI=1S/C15H23BrN2O2S/c1-3-21(19,20)18-8-6-14(7-9-18)17-11-13-4-5-15(16)12(2)10-13/h4-5,10,14,17H,3,6-9,11H2,1-2H3. The zero-order valence-corrected chi connectivity index (χ0v) is 15.0. The predicted molar refractivity (Wildman–Crippen MR) is 89.8 cm³/mol. The molecule has 0 amide bonds. The van der Waals surface area contributed by atoms with Crippen molar-refractivity contribution < 1.29 is 8.42 Å². The van der Waals surface area contributed by atoms with E-state index in [2.05, 4.69) is 46.4 Å². The highest BCUT2D eigenvalue weighted by Gasteiger charge is 2.26. The molecule has 1 aliphatic heterocycles. The number of nitrogens with one attached hydrogen (secondary N) is 1. The number of halogens is 1. The van der Waals surface area contributed by atoms with Crippen LogP contribution in [0, 0.1) is 6.92 Å². The molecule has 0 aliphatic carbocycles. The third-order valence-electron chi connectivity index (χ3n) is 4.03. The molecule has 1 saturated heterocycles. The van der Waals surface area contributed by atoms with E-state index in [1.807, 2.05) is 0 Å². The van der Waals surface area contributed by atoms with Crippen LogP contribution in [0.15, 0.2) is 22.7 Å². The van der Waals surface area contributed by atoms with Crippen molar-refractivity contribution in [2.75, 3.05) is 18.8 Å². The Morgan fingerprint density at radius 2 is 2.00 bits per heavy atom. The van der Waals surface area contributed by atoms with Gasteiger partial charge in [-0.1, -0.05) is 28.1 Å². The molecule has 0 saturated carbocycles. The fourth-order valence-corrected chi connectivity index (χ4v) is 3.98. The number of piperidine rings is 1. The molecule has 1 aliphatic rings. The van der Waals surface area contributed by atoms with E-state index in [-0.39, 0.29) is 5.75 Å². The smallest absolute Gasteiger partial charge is 0.213 e. The minimum Gasteiger partial charge on any atom is -0.310 e. The number of hydrogen-bond donors (Lipinski definition) is 1. The Labute approximate surface area is 136 Å². The van der Waals surface area contributed by atoms with Gasteiger partial charge in [0.25, 0.3) is 0 Å². The van der Waals surface area contributed by atoms with Crippen molar-refractivity contribution >= 4 is 26.0 Å². The van der Waals surface area contributed by atoms with Gasteiger partial charge in [0.2, 0.25) is 10.0 Å². The van der Waals surface area contributed by atoms with Crippen molar-refractivity contribution in [1.29, 1.82) is 0 Å². The topological polar surface area (TPSA) is 49.4 Å². The van der Waals surface area contributed by atoms with Gasteiger partial charge < -0.3 is 5.32 Å². The van der Waals surface area contributed by atoms with Crippen LogP contribution in [0.1, 0.15) is 30.9 Å². The lowest BCUT2D eigenvalue weighted by Crippen LogP contribution is -2.45. The molecule has 0 aromatic heterocycles. The largest absolute Gasteiger partial charge is 0.310 e. The first kappa shape index (κ1) is 16.9. The van der Waals surface area contributed by atoms with Crippen LogP contribution < -0.4 is 5.32 Å². The van der Waals surface area contributed by atoms with E-state index >= 15 is 0 Å². The SMILES string of the molecule is CCS(=O)(=O)N1CCC(NCc2ccc(Br)c(C)c2)CC1. The lowest BCUT2D eigenvalue weighted by atomic mass is 10.1. The summed E-state index contributed by atoms with van der Waals surface area (Å²) in [4.78, 5) is 0. The second-order valence-corrected chi connectivity index (χ2v) is 8.65. The normalized spacial score (nSPS) is 18.0.